The number of hydrogen-bond donors (Lipinski definition) is 1. The maximum atomic E-state index is 13.2. The predicted octanol–water partition coefficient (Wildman–Crippen LogP) is 3.56. The summed E-state index contributed by atoms with van der Waals surface area (Å²) in [5.74, 6) is -0.279. The third kappa shape index (κ3) is 3.85. The normalized spacial score (nSPS) is 22.0. The summed E-state index contributed by atoms with van der Waals surface area (Å²) in [6.07, 6.45) is -1.43. The van der Waals surface area contributed by atoms with Crippen LogP contribution < -0.4 is 4.74 Å². The molecule has 3 aromatic rings. The number of nitrogens with zero attached hydrogens (tertiary/aromatic N) is 3. The molecule has 2 unspecified atom stereocenters. The van der Waals surface area contributed by atoms with Crippen LogP contribution in [0, 0.1) is 0 Å². The second-order valence-electron chi connectivity index (χ2n) is 8.00. The van der Waals surface area contributed by atoms with Crippen molar-refractivity contribution in [1.29, 1.82) is 0 Å². The monoisotopic (exact) mass is 430 g/mol. The number of amides is 1. The number of aromatic nitrogens is 2. The van der Waals surface area contributed by atoms with Crippen molar-refractivity contribution in [2.24, 2.45) is 0 Å². The lowest BCUT2D eigenvalue weighted by atomic mass is 10.1. The third-order valence-electron chi connectivity index (χ3n) is 6.00. The standard InChI is InChI=1S/C22H21F3N4O2/c23-22(24,25)20-19(2-1-6-27-20)31-17-11-16-12-29(9-8-28(16)13-17)21(30)15-4-3-14-5-7-26-18(14)10-15/h1-7,10,16-17,26H,8-9,11-13H2. The Kier molecular flexibility index (Phi) is 4.85. The third-order valence-corrected chi connectivity index (χ3v) is 6.00. The van der Waals surface area contributed by atoms with Gasteiger partial charge in [-0.25, -0.2) is 4.98 Å². The van der Waals surface area contributed by atoms with E-state index in [9.17, 15) is 18.0 Å². The van der Waals surface area contributed by atoms with Crippen molar-refractivity contribution in [3.05, 3.63) is 60.0 Å². The molecule has 2 aliphatic heterocycles. The van der Waals surface area contributed by atoms with Crippen molar-refractivity contribution < 1.29 is 22.7 Å². The minimum Gasteiger partial charge on any atom is -0.487 e. The molecule has 0 spiro atoms. The summed E-state index contributed by atoms with van der Waals surface area (Å²) in [6, 6.07) is 10.4. The molecule has 2 fully saturated rings. The fourth-order valence-electron chi connectivity index (χ4n) is 4.51. The van der Waals surface area contributed by atoms with Crippen LogP contribution in [0.25, 0.3) is 10.9 Å². The summed E-state index contributed by atoms with van der Waals surface area (Å²) in [5, 5.41) is 1.05. The van der Waals surface area contributed by atoms with Crippen molar-refractivity contribution in [1.82, 2.24) is 19.8 Å². The maximum absolute atomic E-state index is 13.2. The van der Waals surface area contributed by atoms with Crippen LogP contribution in [0.4, 0.5) is 13.2 Å². The number of halogens is 3. The average Bonchev–Trinajstić information content (AvgIpc) is 3.37. The zero-order valence-corrected chi connectivity index (χ0v) is 16.6. The first-order valence-corrected chi connectivity index (χ1v) is 10.2. The molecule has 0 saturated carbocycles. The van der Waals surface area contributed by atoms with Gasteiger partial charge in [-0.2, -0.15) is 13.2 Å². The van der Waals surface area contributed by atoms with E-state index in [-0.39, 0.29) is 23.8 Å². The minimum absolute atomic E-state index is 0.0351. The van der Waals surface area contributed by atoms with Gasteiger partial charge in [0.25, 0.3) is 5.91 Å². The van der Waals surface area contributed by atoms with Crippen molar-refractivity contribution in [2.45, 2.75) is 24.7 Å². The van der Waals surface area contributed by atoms with Gasteiger partial charge >= 0.3 is 6.18 Å². The van der Waals surface area contributed by atoms with Crippen LogP contribution >= 0.6 is 0 Å². The van der Waals surface area contributed by atoms with Crippen LogP contribution in [-0.2, 0) is 6.18 Å². The van der Waals surface area contributed by atoms with Crippen molar-refractivity contribution in [2.75, 3.05) is 26.2 Å². The van der Waals surface area contributed by atoms with E-state index in [2.05, 4.69) is 14.9 Å². The number of carbonyl (C=O) groups excluding carboxylic acids is 1. The Hall–Kier alpha value is -3.07. The molecule has 0 radical (unpaired) electrons. The van der Waals surface area contributed by atoms with Gasteiger partial charge in [0.15, 0.2) is 11.4 Å². The van der Waals surface area contributed by atoms with Crippen LogP contribution in [0.5, 0.6) is 5.75 Å². The number of rotatable bonds is 3. The highest BCUT2D eigenvalue weighted by atomic mass is 19.4. The molecular formula is C22H21F3N4O2. The summed E-state index contributed by atoms with van der Waals surface area (Å²) in [5.41, 5.74) is 0.534. The molecule has 2 atom stereocenters. The molecule has 6 nitrogen and oxygen atoms in total. The highest BCUT2D eigenvalue weighted by molar-refractivity contribution is 5.98. The van der Waals surface area contributed by atoms with Crippen molar-refractivity contribution in [3.8, 4) is 5.75 Å². The van der Waals surface area contributed by atoms with Crippen LogP contribution in [-0.4, -0.2) is 64.0 Å². The Morgan fingerprint density at radius 1 is 1.16 bits per heavy atom. The van der Waals surface area contributed by atoms with Gasteiger partial charge in [-0.3, -0.25) is 9.69 Å². The highest BCUT2D eigenvalue weighted by Crippen LogP contribution is 2.36. The molecule has 1 amide bonds. The molecule has 31 heavy (non-hydrogen) atoms. The molecule has 162 valence electrons. The number of hydrogen-bond acceptors (Lipinski definition) is 4. The van der Waals surface area contributed by atoms with E-state index in [0.29, 0.717) is 38.2 Å². The first-order chi connectivity index (χ1) is 14.9. The Bertz CT molecular complexity index is 1110. The maximum Gasteiger partial charge on any atom is 0.437 e. The first kappa shape index (κ1) is 19.9. The van der Waals surface area contributed by atoms with Gasteiger partial charge in [0.05, 0.1) is 0 Å². The zero-order chi connectivity index (χ0) is 21.6. The molecule has 0 bridgehead atoms. The van der Waals surface area contributed by atoms with Gasteiger partial charge in [-0.1, -0.05) is 6.07 Å². The topological polar surface area (TPSA) is 61.5 Å². The number of aromatic amines is 1. The smallest absolute Gasteiger partial charge is 0.437 e. The van der Waals surface area contributed by atoms with E-state index in [1.807, 2.05) is 35.4 Å². The van der Waals surface area contributed by atoms with Crippen molar-refractivity contribution >= 4 is 16.8 Å². The number of fused-ring (bicyclic) bond motifs is 2. The number of benzene rings is 1. The van der Waals surface area contributed by atoms with Gasteiger partial charge in [0, 0.05) is 62.1 Å². The lowest BCUT2D eigenvalue weighted by Crippen LogP contribution is -2.52. The second kappa shape index (κ2) is 7.56. The fraction of sp³-hybridized carbons (Fsp3) is 0.364. The van der Waals surface area contributed by atoms with Crippen molar-refractivity contribution in [3.63, 3.8) is 0 Å². The molecule has 4 heterocycles. The number of carbonyl (C=O) groups is 1. The Morgan fingerprint density at radius 3 is 2.87 bits per heavy atom. The summed E-state index contributed by atoms with van der Waals surface area (Å²) in [6.45, 7) is 2.31. The molecule has 9 heteroatoms. The number of alkyl halides is 3. The van der Waals surface area contributed by atoms with E-state index < -0.39 is 11.9 Å². The molecule has 1 aromatic carbocycles. The van der Waals surface area contributed by atoms with E-state index in [1.165, 1.54) is 12.1 Å². The first-order valence-electron chi connectivity index (χ1n) is 10.2. The van der Waals surface area contributed by atoms with E-state index in [4.69, 9.17) is 4.74 Å². The molecule has 5 rings (SSSR count). The Morgan fingerprint density at radius 2 is 2.03 bits per heavy atom. The van der Waals surface area contributed by atoms with E-state index >= 15 is 0 Å². The summed E-state index contributed by atoms with van der Waals surface area (Å²) in [4.78, 5) is 23.6. The van der Waals surface area contributed by atoms with Crippen LogP contribution in [0.1, 0.15) is 22.5 Å². The summed E-state index contributed by atoms with van der Waals surface area (Å²) < 4.78 is 45.3. The van der Waals surface area contributed by atoms with Gasteiger partial charge in [-0.15, -0.1) is 0 Å². The second-order valence-corrected chi connectivity index (χ2v) is 8.00. The molecule has 2 saturated heterocycles. The van der Waals surface area contributed by atoms with E-state index in [1.54, 1.807) is 0 Å². The zero-order valence-electron chi connectivity index (χ0n) is 16.6. The summed E-state index contributed by atoms with van der Waals surface area (Å²) in [7, 11) is 0. The summed E-state index contributed by atoms with van der Waals surface area (Å²) >= 11 is 0. The quantitative estimate of drug-likeness (QED) is 0.690. The number of piperazine rings is 1. The van der Waals surface area contributed by atoms with E-state index in [0.717, 1.165) is 17.1 Å². The number of H-pyrrole nitrogens is 1. The fourth-order valence-corrected chi connectivity index (χ4v) is 4.51. The lowest BCUT2D eigenvalue weighted by molar-refractivity contribution is -0.142. The average molecular weight is 430 g/mol. The van der Waals surface area contributed by atoms with Crippen LogP contribution in [0.15, 0.2) is 48.8 Å². The molecular weight excluding hydrogens is 409 g/mol. The van der Waals surface area contributed by atoms with Crippen LogP contribution in [0.3, 0.4) is 0 Å². The van der Waals surface area contributed by atoms with Gasteiger partial charge in [0.1, 0.15) is 6.10 Å². The Balaban J connectivity index is 1.26. The van der Waals surface area contributed by atoms with Gasteiger partial charge < -0.3 is 14.6 Å². The number of nitrogens with one attached hydrogen (secondary N) is 1. The largest absolute Gasteiger partial charge is 0.487 e. The van der Waals surface area contributed by atoms with Crippen LogP contribution in [0.2, 0.25) is 0 Å². The predicted molar refractivity (Wildman–Crippen MR) is 108 cm³/mol. The molecule has 1 N–H and O–H groups in total. The van der Waals surface area contributed by atoms with Gasteiger partial charge in [0.2, 0.25) is 0 Å². The molecule has 0 aliphatic carbocycles. The number of ether oxygens (including phenoxy) is 1. The van der Waals surface area contributed by atoms with Gasteiger partial charge in [-0.05, 0) is 35.7 Å². The SMILES string of the molecule is O=C(c1ccc2cc[nH]c2c1)N1CCN2CC(Oc3cccnc3C(F)(F)F)CC2C1. The molecule has 2 aromatic heterocycles. The highest BCUT2D eigenvalue weighted by Gasteiger charge is 2.41. The molecule has 2 aliphatic rings. The lowest BCUT2D eigenvalue weighted by Gasteiger charge is -2.37. The Labute approximate surface area is 176 Å². The minimum atomic E-state index is -4.56. The number of pyridine rings is 1.